The Morgan fingerprint density at radius 1 is 1.11 bits per heavy atom. The van der Waals surface area contributed by atoms with Crippen LogP contribution in [0.3, 0.4) is 0 Å². The van der Waals surface area contributed by atoms with Crippen LogP contribution in [0.4, 0.5) is 5.69 Å². The van der Waals surface area contributed by atoms with Crippen molar-refractivity contribution in [3.05, 3.63) is 39.9 Å². The van der Waals surface area contributed by atoms with Crippen LogP contribution in [-0.2, 0) is 14.2 Å². The molecule has 146 valence electrons. The summed E-state index contributed by atoms with van der Waals surface area (Å²) in [7, 11) is 0. The van der Waals surface area contributed by atoms with E-state index in [0.717, 1.165) is 44.9 Å². The minimum absolute atomic E-state index is 0.0348. The SMILES string of the molecule is O=C(O[C@H]1CC[C@@H]2[C@H](CCCCC23OCCO3)C1)c1ccc([N+](=O)[O-])cc1. The molecule has 0 aromatic heterocycles. The van der Waals surface area contributed by atoms with Gasteiger partial charge in [0.1, 0.15) is 6.10 Å². The minimum Gasteiger partial charge on any atom is -0.459 e. The number of nitro groups is 1. The van der Waals surface area contributed by atoms with Gasteiger partial charge in [-0.05, 0) is 50.2 Å². The molecule has 0 amide bonds. The Morgan fingerprint density at radius 3 is 2.56 bits per heavy atom. The number of hydrogen-bond acceptors (Lipinski definition) is 6. The molecule has 1 spiro atoms. The van der Waals surface area contributed by atoms with Crippen LogP contribution in [0.25, 0.3) is 0 Å². The lowest BCUT2D eigenvalue weighted by molar-refractivity contribution is -0.384. The Bertz CT molecular complexity index is 697. The summed E-state index contributed by atoms with van der Waals surface area (Å²) < 4.78 is 17.9. The maximum Gasteiger partial charge on any atom is 0.338 e. The first kappa shape index (κ1) is 18.4. The van der Waals surface area contributed by atoms with E-state index in [1.807, 2.05) is 0 Å². The lowest BCUT2D eigenvalue weighted by Gasteiger charge is -2.43. The van der Waals surface area contributed by atoms with Gasteiger partial charge >= 0.3 is 5.97 Å². The fourth-order valence-electron chi connectivity index (χ4n) is 4.96. The van der Waals surface area contributed by atoms with Crippen molar-refractivity contribution in [2.75, 3.05) is 13.2 Å². The number of rotatable bonds is 3. The molecule has 1 aliphatic heterocycles. The number of ether oxygens (including phenoxy) is 3. The quantitative estimate of drug-likeness (QED) is 0.453. The molecule has 0 radical (unpaired) electrons. The van der Waals surface area contributed by atoms with Gasteiger partial charge in [-0.1, -0.05) is 6.42 Å². The molecule has 1 saturated heterocycles. The molecule has 0 unspecified atom stereocenters. The van der Waals surface area contributed by atoms with Gasteiger partial charge in [0, 0.05) is 24.5 Å². The third-order valence-electron chi connectivity index (χ3n) is 6.21. The Morgan fingerprint density at radius 2 is 1.85 bits per heavy atom. The smallest absolute Gasteiger partial charge is 0.338 e. The van der Waals surface area contributed by atoms with Crippen molar-refractivity contribution < 1.29 is 23.9 Å². The summed E-state index contributed by atoms with van der Waals surface area (Å²) in [5.74, 6) is -0.0231. The lowest BCUT2D eigenvalue weighted by atomic mass is 9.72. The third kappa shape index (κ3) is 3.71. The van der Waals surface area contributed by atoms with Crippen LogP contribution in [0, 0.1) is 22.0 Å². The van der Waals surface area contributed by atoms with Crippen LogP contribution in [0.2, 0.25) is 0 Å². The summed E-state index contributed by atoms with van der Waals surface area (Å²) in [5.41, 5.74) is 0.315. The zero-order chi connectivity index (χ0) is 18.9. The summed E-state index contributed by atoms with van der Waals surface area (Å²) in [5, 5.41) is 10.7. The van der Waals surface area contributed by atoms with E-state index < -0.39 is 16.7 Å². The van der Waals surface area contributed by atoms with E-state index in [1.54, 1.807) is 0 Å². The molecule has 1 heterocycles. The number of fused-ring (bicyclic) bond motifs is 2. The summed E-state index contributed by atoms with van der Waals surface area (Å²) in [6.07, 6.45) is 6.78. The molecule has 1 aromatic carbocycles. The molecule has 2 aliphatic carbocycles. The molecule has 3 fully saturated rings. The topological polar surface area (TPSA) is 87.9 Å². The van der Waals surface area contributed by atoms with E-state index in [-0.39, 0.29) is 11.8 Å². The number of nitrogens with zero attached hydrogens (tertiary/aromatic N) is 1. The van der Waals surface area contributed by atoms with Gasteiger partial charge in [0.15, 0.2) is 5.79 Å². The Labute approximate surface area is 158 Å². The maximum absolute atomic E-state index is 12.4. The molecule has 2 saturated carbocycles. The summed E-state index contributed by atoms with van der Waals surface area (Å²) in [6.45, 7) is 1.34. The minimum atomic E-state index is -0.481. The molecular weight excluding hydrogens is 350 g/mol. The third-order valence-corrected chi connectivity index (χ3v) is 6.21. The van der Waals surface area contributed by atoms with Crippen LogP contribution in [0.5, 0.6) is 0 Å². The predicted octanol–water partition coefficient (Wildman–Crippen LogP) is 3.85. The van der Waals surface area contributed by atoms with E-state index in [2.05, 4.69) is 0 Å². The standard InChI is InChI=1S/C20H25NO6/c22-19(14-4-6-16(7-5-14)21(23)24)27-17-8-9-18-15(13-17)3-1-2-10-20(18)25-11-12-26-20/h4-7,15,17-18H,1-3,8-13H2/t15-,17+,18-/m1/s1. The van der Waals surface area contributed by atoms with E-state index in [0.29, 0.717) is 30.6 Å². The van der Waals surface area contributed by atoms with Crippen LogP contribution in [0.1, 0.15) is 55.3 Å². The molecule has 7 heteroatoms. The molecule has 4 rings (SSSR count). The first-order chi connectivity index (χ1) is 13.1. The zero-order valence-corrected chi connectivity index (χ0v) is 15.3. The summed E-state index contributed by atoms with van der Waals surface area (Å²) in [6, 6.07) is 5.56. The van der Waals surface area contributed by atoms with Gasteiger partial charge in [-0.25, -0.2) is 4.79 Å². The van der Waals surface area contributed by atoms with E-state index in [4.69, 9.17) is 14.2 Å². The van der Waals surface area contributed by atoms with Crippen molar-refractivity contribution in [3.8, 4) is 0 Å². The first-order valence-electron chi connectivity index (χ1n) is 9.81. The molecule has 3 aliphatic rings. The van der Waals surface area contributed by atoms with Gasteiger partial charge in [-0.15, -0.1) is 0 Å². The highest BCUT2D eigenvalue weighted by Gasteiger charge is 2.50. The number of carbonyl (C=O) groups is 1. The largest absolute Gasteiger partial charge is 0.459 e. The van der Waals surface area contributed by atoms with Gasteiger partial charge in [0.2, 0.25) is 0 Å². The van der Waals surface area contributed by atoms with Gasteiger partial charge < -0.3 is 14.2 Å². The normalized spacial score (nSPS) is 29.7. The lowest BCUT2D eigenvalue weighted by Crippen LogP contribution is -2.45. The van der Waals surface area contributed by atoms with Crippen molar-refractivity contribution in [2.24, 2.45) is 11.8 Å². The molecule has 0 bridgehead atoms. The molecule has 27 heavy (non-hydrogen) atoms. The Balaban J connectivity index is 1.40. The van der Waals surface area contributed by atoms with Crippen molar-refractivity contribution in [2.45, 2.75) is 56.8 Å². The van der Waals surface area contributed by atoms with E-state index in [1.165, 1.54) is 24.3 Å². The van der Waals surface area contributed by atoms with Gasteiger partial charge in [-0.3, -0.25) is 10.1 Å². The van der Waals surface area contributed by atoms with Crippen molar-refractivity contribution in [3.63, 3.8) is 0 Å². The number of non-ortho nitro benzene ring substituents is 1. The average molecular weight is 375 g/mol. The number of esters is 1. The molecule has 3 atom stereocenters. The number of nitro benzene ring substituents is 1. The van der Waals surface area contributed by atoms with Crippen LogP contribution in [-0.4, -0.2) is 36.0 Å². The van der Waals surface area contributed by atoms with Crippen molar-refractivity contribution >= 4 is 11.7 Å². The fourth-order valence-corrected chi connectivity index (χ4v) is 4.96. The molecule has 0 N–H and O–H groups in total. The highest BCUT2D eigenvalue weighted by atomic mass is 16.7. The monoisotopic (exact) mass is 375 g/mol. The van der Waals surface area contributed by atoms with Gasteiger partial charge in [0.25, 0.3) is 5.69 Å². The maximum atomic E-state index is 12.4. The first-order valence-corrected chi connectivity index (χ1v) is 9.81. The zero-order valence-electron chi connectivity index (χ0n) is 15.3. The predicted molar refractivity (Wildman–Crippen MR) is 96.2 cm³/mol. The van der Waals surface area contributed by atoms with E-state index >= 15 is 0 Å². The molecule has 7 nitrogen and oxygen atoms in total. The van der Waals surface area contributed by atoms with Crippen LogP contribution in [0.15, 0.2) is 24.3 Å². The summed E-state index contributed by atoms with van der Waals surface area (Å²) >= 11 is 0. The average Bonchev–Trinajstić information content (AvgIpc) is 3.07. The van der Waals surface area contributed by atoms with Crippen LogP contribution < -0.4 is 0 Å². The Kier molecular flexibility index (Phi) is 5.14. The van der Waals surface area contributed by atoms with Crippen LogP contribution >= 0.6 is 0 Å². The fraction of sp³-hybridized carbons (Fsp3) is 0.650. The highest BCUT2D eigenvalue weighted by molar-refractivity contribution is 5.89. The Hall–Kier alpha value is -1.99. The summed E-state index contributed by atoms with van der Waals surface area (Å²) in [4.78, 5) is 22.7. The van der Waals surface area contributed by atoms with Crippen molar-refractivity contribution in [1.82, 2.24) is 0 Å². The highest BCUT2D eigenvalue weighted by Crippen LogP contribution is 2.49. The number of hydrogen-bond donors (Lipinski definition) is 0. The second-order valence-electron chi connectivity index (χ2n) is 7.77. The second kappa shape index (κ2) is 7.56. The number of carbonyl (C=O) groups excluding carboxylic acids is 1. The molecule has 1 aromatic rings. The van der Waals surface area contributed by atoms with Gasteiger partial charge in [0.05, 0.1) is 23.7 Å². The van der Waals surface area contributed by atoms with Crippen molar-refractivity contribution in [1.29, 1.82) is 0 Å². The van der Waals surface area contributed by atoms with E-state index in [9.17, 15) is 14.9 Å². The molecular formula is C20H25NO6. The second-order valence-corrected chi connectivity index (χ2v) is 7.77. The number of benzene rings is 1. The van der Waals surface area contributed by atoms with Gasteiger partial charge in [-0.2, -0.15) is 0 Å².